The van der Waals surface area contributed by atoms with E-state index in [0.717, 1.165) is 151 Å². The lowest BCUT2D eigenvalue weighted by Crippen LogP contribution is -2.26. The highest BCUT2D eigenvalue weighted by Gasteiger charge is 2.28. The average Bonchev–Trinajstić information content (AvgIpc) is 1.79. The largest absolute Gasteiger partial charge is 0.495 e. The second-order valence-electron chi connectivity index (χ2n) is 29.1. The van der Waals surface area contributed by atoms with E-state index in [-0.39, 0.29) is 0 Å². The van der Waals surface area contributed by atoms with Gasteiger partial charge in [-0.05, 0) is 158 Å². The van der Waals surface area contributed by atoms with Gasteiger partial charge in [-0.25, -0.2) is 15.0 Å². The zero-order valence-electron chi connectivity index (χ0n) is 62.3. The van der Waals surface area contributed by atoms with Gasteiger partial charge >= 0.3 is 0 Å². The third-order valence-corrected chi connectivity index (χ3v) is 25.6. The minimum atomic E-state index is -1.19. The van der Waals surface area contributed by atoms with Crippen molar-refractivity contribution in [3.8, 4) is 17.2 Å². The second kappa shape index (κ2) is 37.2. The number of benzene rings is 3. The van der Waals surface area contributed by atoms with Crippen LogP contribution in [0.15, 0.2) is 150 Å². The molecule has 5 N–H and O–H groups in total. The molecule has 3 saturated carbocycles. The van der Waals surface area contributed by atoms with Crippen LogP contribution in [0, 0.1) is 0 Å². The van der Waals surface area contributed by atoms with Crippen molar-refractivity contribution in [3.63, 3.8) is 0 Å². The summed E-state index contributed by atoms with van der Waals surface area (Å²) >= 11 is 8.45. The molecule has 0 radical (unpaired) electrons. The van der Waals surface area contributed by atoms with Crippen molar-refractivity contribution in [2.45, 2.75) is 146 Å². The summed E-state index contributed by atoms with van der Waals surface area (Å²) in [5, 5.41) is 42.7. The van der Waals surface area contributed by atoms with Gasteiger partial charge in [-0.1, -0.05) is 148 Å². The number of pyridine rings is 6. The Bertz CT molecular complexity index is 4850. The molecule has 3 aromatic carbocycles. The lowest BCUT2D eigenvalue weighted by molar-refractivity contribution is 0.153. The third kappa shape index (κ3) is 21.9. The molecule has 0 atom stereocenters. The molecule has 0 aliphatic heterocycles. The zero-order chi connectivity index (χ0) is 74.7. The van der Waals surface area contributed by atoms with Crippen LogP contribution in [-0.2, 0) is 9.47 Å². The Morgan fingerprint density at radius 3 is 1.32 bits per heavy atom. The first-order valence-corrected chi connectivity index (χ1v) is 47.2. The van der Waals surface area contributed by atoms with Crippen molar-refractivity contribution in [2.24, 2.45) is 0 Å². The van der Waals surface area contributed by atoms with E-state index >= 15 is 0 Å². The number of para-hydroxylation sites is 6. The summed E-state index contributed by atoms with van der Waals surface area (Å²) in [6.45, 7) is 16.5. The summed E-state index contributed by atoms with van der Waals surface area (Å²) in [5.74, 6) is 6.23. The molecule has 15 rings (SSSR count). The predicted molar refractivity (Wildman–Crippen MR) is 445 cm³/mol. The summed E-state index contributed by atoms with van der Waals surface area (Å²) in [5.41, 5.74) is 14.6. The molecule has 107 heavy (non-hydrogen) atoms. The first-order valence-electron chi connectivity index (χ1n) is 36.5. The summed E-state index contributed by atoms with van der Waals surface area (Å²) < 4.78 is 29.0. The summed E-state index contributed by atoms with van der Waals surface area (Å²) in [4.78, 5) is 32.2. The number of nitrogens with zero attached hydrogens (tertiary/aromatic N) is 14. The Hall–Kier alpha value is -8.95. The topological polar surface area (TPSA) is 269 Å². The normalized spacial score (nSPS) is 14.0. The Morgan fingerprint density at radius 2 is 0.860 bits per heavy atom. The monoisotopic (exact) mass is 1590 g/mol. The van der Waals surface area contributed by atoms with E-state index in [1.807, 2.05) is 137 Å². The molecular formula is C78H95BrN18O5S3Si2. The highest BCUT2D eigenvalue weighted by molar-refractivity contribution is 9.10. The summed E-state index contributed by atoms with van der Waals surface area (Å²) in [6.07, 6.45) is 20.4. The number of anilines is 11. The van der Waals surface area contributed by atoms with E-state index in [4.69, 9.17) is 44.4 Å². The molecule has 29 heteroatoms. The van der Waals surface area contributed by atoms with Gasteiger partial charge in [0, 0.05) is 57.8 Å². The first kappa shape index (κ1) is 77.7. The number of aromatic nitrogens is 12. The van der Waals surface area contributed by atoms with E-state index in [9.17, 15) is 0 Å². The van der Waals surface area contributed by atoms with E-state index in [2.05, 4.69) is 117 Å². The van der Waals surface area contributed by atoms with Crippen molar-refractivity contribution in [3.05, 3.63) is 165 Å². The van der Waals surface area contributed by atoms with Crippen LogP contribution in [0.4, 0.5) is 61.3 Å². The van der Waals surface area contributed by atoms with Crippen molar-refractivity contribution in [1.29, 1.82) is 0 Å². The molecule has 0 amide bonds. The van der Waals surface area contributed by atoms with Crippen LogP contribution in [0.5, 0.6) is 17.2 Å². The minimum absolute atomic E-state index is 0.384. The Labute approximate surface area is 648 Å². The van der Waals surface area contributed by atoms with Gasteiger partial charge in [0.25, 0.3) is 0 Å². The predicted octanol–water partition coefficient (Wildman–Crippen LogP) is 20.6. The number of rotatable bonds is 26. The standard InChI is InChI=1S/C28H36N6O2SSi.C22H22N6OS.C21H28BrN5OSSi.C7H9NO/c1-35-25-12-8-7-11-23(25)30-21-17-24-22(29-18-21)13-14-26(31-24)34(19-36-15-16-38(2,3)4)28-33-32-27(37-28)20-9-5-6-10-20;1-29-19-9-5-4-8-17(19)24-15-12-18-16(23-13-15)10-11-20(25-18)26-22-28-27-21(30-22)14-6-2-3-7-14;1-30(2,3)11-10-28-14-27(21-26-25-20(29-21)15-6-4-5-7-15)19-9-8-17-18(24-19)12-16(22)13-23-17;1-9-7-5-3-2-4-6(7)8/h7-8,11-14,17-18,20,30H,5-6,9-10,15-16,19H2,1-4H3;4-5,8-14,24H,2-3,6-7H2,1H3,(H,25,26,28);8-9,12-13,15H,4-7,10-11,14H2,1-3H3;2-5H,8H2,1H3. The van der Waals surface area contributed by atoms with Gasteiger partial charge < -0.3 is 45.4 Å². The number of nitrogens with one attached hydrogen (secondary N) is 3. The Kier molecular flexibility index (Phi) is 27.0. The fourth-order valence-corrected chi connectivity index (χ4v) is 17.3. The van der Waals surface area contributed by atoms with Crippen LogP contribution in [0.1, 0.15) is 110 Å². The van der Waals surface area contributed by atoms with Crippen molar-refractivity contribution < 1.29 is 23.7 Å². The van der Waals surface area contributed by atoms with Crippen LogP contribution in [0.2, 0.25) is 51.4 Å². The van der Waals surface area contributed by atoms with Crippen molar-refractivity contribution >= 4 is 160 Å². The van der Waals surface area contributed by atoms with Gasteiger partial charge in [0.05, 0.1) is 95.3 Å². The lowest BCUT2D eigenvalue weighted by Gasteiger charge is -2.22. The number of ether oxygens (including phenoxy) is 5. The number of fused-ring (bicyclic) bond motifs is 3. The quantitative estimate of drug-likeness (QED) is 0.0170. The molecule has 23 nitrogen and oxygen atoms in total. The highest BCUT2D eigenvalue weighted by Crippen LogP contribution is 2.42. The number of nitrogens with two attached hydrogens (primary N) is 1. The molecule has 560 valence electrons. The van der Waals surface area contributed by atoms with Crippen LogP contribution >= 0.6 is 49.9 Å². The minimum Gasteiger partial charge on any atom is -0.495 e. The zero-order valence-corrected chi connectivity index (χ0v) is 68.3. The number of hydrogen-bond acceptors (Lipinski definition) is 26. The van der Waals surface area contributed by atoms with Crippen LogP contribution in [0.25, 0.3) is 33.1 Å². The fraction of sp³-hybridized carbons (Fsp3) is 0.385. The fourth-order valence-electron chi connectivity index (χ4n) is 12.5. The van der Waals surface area contributed by atoms with Crippen LogP contribution in [0.3, 0.4) is 0 Å². The molecule has 12 aromatic rings. The molecule has 3 fully saturated rings. The van der Waals surface area contributed by atoms with Gasteiger partial charge in [0.1, 0.15) is 63.2 Å². The Morgan fingerprint density at radius 1 is 0.449 bits per heavy atom. The molecule has 0 saturated heterocycles. The Balaban J connectivity index is 0.000000143. The first-order chi connectivity index (χ1) is 51.9. The molecule has 9 heterocycles. The van der Waals surface area contributed by atoms with E-state index < -0.39 is 16.1 Å². The van der Waals surface area contributed by atoms with Gasteiger partial charge in [0.2, 0.25) is 15.4 Å². The SMILES string of the molecule is COc1ccccc1N.COc1ccccc1Nc1cnc2ccc(N(COCC[Si](C)(C)C)c3nnc(C4CCCC4)s3)nc2c1.COc1ccccc1Nc1cnc2ccc(Nc3nnc(C4CCCC4)s3)nc2c1.C[Si](C)(C)CCOCN(c1ccc2ncc(Br)cc2n1)c1nnc(C2CCCC2)s1. The van der Waals surface area contributed by atoms with Gasteiger partial charge in [0.15, 0.2) is 0 Å². The van der Waals surface area contributed by atoms with Crippen molar-refractivity contribution in [2.75, 3.05) is 79.5 Å². The maximum atomic E-state index is 6.17. The third-order valence-electron chi connectivity index (χ3n) is 18.6. The van der Waals surface area contributed by atoms with Gasteiger partial charge in [-0.3, -0.25) is 24.8 Å². The lowest BCUT2D eigenvalue weighted by atomic mass is 10.1. The molecule has 9 aromatic heterocycles. The molecule has 3 aliphatic rings. The van der Waals surface area contributed by atoms with E-state index in [1.165, 1.54) is 77.0 Å². The van der Waals surface area contributed by atoms with E-state index in [0.29, 0.717) is 36.9 Å². The number of methoxy groups -OCH3 is 3. The smallest absolute Gasteiger partial charge is 0.215 e. The molecular weight excluding hydrogens is 1500 g/mol. The van der Waals surface area contributed by atoms with E-state index in [1.54, 1.807) is 73.8 Å². The highest BCUT2D eigenvalue weighted by atomic mass is 79.9. The molecule has 3 aliphatic carbocycles. The molecule has 0 spiro atoms. The summed E-state index contributed by atoms with van der Waals surface area (Å²) in [7, 11) is 2.59. The van der Waals surface area contributed by atoms with Gasteiger partial charge in [-0.2, -0.15) is 0 Å². The maximum absolute atomic E-state index is 6.17. The number of hydrogen-bond donors (Lipinski definition) is 4. The van der Waals surface area contributed by atoms with Gasteiger partial charge in [-0.15, -0.1) is 30.6 Å². The average molecular weight is 1600 g/mol. The summed E-state index contributed by atoms with van der Waals surface area (Å²) in [6, 6.07) is 43.0. The van der Waals surface area contributed by atoms with Crippen molar-refractivity contribution in [1.82, 2.24) is 60.5 Å². The maximum Gasteiger partial charge on any atom is 0.215 e. The number of nitrogen functional groups attached to an aromatic ring is 1. The molecule has 0 unspecified atom stereocenters. The molecule has 0 bridgehead atoms. The number of halogens is 1. The second-order valence-corrected chi connectivity index (χ2v) is 44.2. The van der Waals surface area contributed by atoms with Crippen LogP contribution < -0.4 is 45.7 Å². The van der Waals surface area contributed by atoms with Crippen LogP contribution in [-0.4, -0.2) is 125 Å².